The summed E-state index contributed by atoms with van der Waals surface area (Å²) in [5.41, 5.74) is 1.32. The minimum absolute atomic E-state index is 0.201. The van der Waals surface area contributed by atoms with Gasteiger partial charge in [0.25, 0.3) is 5.91 Å². The van der Waals surface area contributed by atoms with E-state index in [9.17, 15) is 4.79 Å². The van der Waals surface area contributed by atoms with Gasteiger partial charge in [-0.25, -0.2) is 4.98 Å². The van der Waals surface area contributed by atoms with E-state index in [0.717, 1.165) is 10.6 Å². The van der Waals surface area contributed by atoms with Gasteiger partial charge < -0.3 is 0 Å². The molecule has 1 amide bonds. The van der Waals surface area contributed by atoms with E-state index in [4.69, 9.17) is 0 Å². The van der Waals surface area contributed by atoms with Crippen molar-refractivity contribution >= 4 is 33.7 Å². The largest absolute Gasteiger partial charge is 0.297 e. The summed E-state index contributed by atoms with van der Waals surface area (Å²) in [7, 11) is 1.76. The van der Waals surface area contributed by atoms with Crippen molar-refractivity contribution in [1.29, 1.82) is 0 Å². The molecule has 7 heteroatoms. The fourth-order valence-electron chi connectivity index (χ4n) is 1.67. The smallest absolute Gasteiger partial charge is 0.275 e. The van der Waals surface area contributed by atoms with Gasteiger partial charge in [-0.3, -0.25) is 14.8 Å². The van der Waals surface area contributed by atoms with E-state index < -0.39 is 0 Å². The number of nitrogens with zero attached hydrogens (tertiary/aromatic N) is 3. The zero-order valence-electron chi connectivity index (χ0n) is 10.0. The number of hydrogen-bond acceptors (Lipinski definition) is 5. The Balaban J connectivity index is 1.87. The SMILES string of the molecule is Cn1nc(-c2cccs2)cc1C(=O)Nc1nccs1. The second kappa shape index (κ2) is 4.94. The summed E-state index contributed by atoms with van der Waals surface area (Å²) in [6.45, 7) is 0. The number of hydrogen-bond donors (Lipinski definition) is 1. The Morgan fingerprint density at radius 1 is 1.37 bits per heavy atom. The summed E-state index contributed by atoms with van der Waals surface area (Å²) < 4.78 is 1.58. The number of nitrogens with one attached hydrogen (secondary N) is 1. The molecule has 0 aliphatic rings. The van der Waals surface area contributed by atoms with Crippen LogP contribution in [0.25, 0.3) is 10.6 Å². The molecule has 0 unspecified atom stereocenters. The lowest BCUT2D eigenvalue weighted by atomic mass is 10.3. The second-order valence-corrected chi connectivity index (χ2v) is 5.65. The average molecular weight is 290 g/mol. The van der Waals surface area contributed by atoms with Crippen LogP contribution in [0, 0.1) is 0 Å². The van der Waals surface area contributed by atoms with Crippen LogP contribution in [0.5, 0.6) is 0 Å². The van der Waals surface area contributed by atoms with Gasteiger partial charge in [-0.15, -0.1) is 22.7 Å². The Morgan fingerprint density at radius 3 is 2.95 bits per heavy atom. The predicted octanol–water partition coefficient (Wildman–Crippen LogP) is 2.86. The topological polar surface area (TPSA) is 59.8 Å². The van der Waals surface area contributed by atoms with Crippen LogP contribution in [-0.2, 0) is 7.05 Å². The highest BCUT2D eigenvalue weighted by Gasteiger charge is 2.15. The minimum atomic E-state index is -0.201. The molecule has 0 radical (unpaired) electrons. The highest BCUT2D eigenvalue weighted by Crippen LogP contribution is 2.24. The van der Waals surface area contributed by atoms with E-state index in [2.05, 4.69) is 15.4 Å². The molecule has 0 atom stereocenters. The third kappa shape index (κ3) is 2.42. The first-order chi connectivity index (χ1) is 9.24. The Labute approximate surface area is 117 Å². The molecule has 0 saturated carbocycles. The summed E-state index contributed by atoms with van der Waals surface area (Å²) in [6, 6.07) is 5.73. The van der Waals surface area contributed by atoms with Gasteiger partial charge in [0.05, 0.1) is 4.88 Å². The molecule has 0 aromatic carbocycles. The Bertz CT molecular complexity index is 685. The van der Waals surface area contributed by atoms with Crippen LogP contribution in [0.3, 0.4) is 0 Å². The van der Waals surface area contributed by atoms with E-state index in [1.165, 1.54) is 11.3 Å². The first kappa shape index (κ1) is 12.1. The molecule has 3 aromatic rings. The number of thiophene rings is 1. The molecule has 3 rings (SSSR count). The van der Waals surface area contributed by atoms with Gasteiger partial charge in [-0.05, 0) is 17.5 Å². The van der Waals surface area contributed by atoms with Gasteiger partial charge in [0.2, 0.25) is 0 Å². The van der Waals surface area contributed by atoms with Crippen LogP contribution in [0.2, 0.25) is 0 Å². The molecule has 0 bridgehead atoms. The third-order valence-electron chi connectivity index (χ3n) is 2.54. The summed E-state index contributed by atoms with van der Waals surface area (Å²) in [6.07, 6.45) is 1.65. The lowest BCUT2D eigenvalue weighted by Crippen LogP contribution is -2.15. The van der Waals surface area contributed by atoms with Crippen molar-refractivity contribution in [2.45, 2.75) is 0 Å². The molecular weight excluding hydrogens is 280 g/mol. The molecule has 1 N–H and O–H groups in total. The number of amides is 1. The number of carbonyl (C=O) groups is 1. The van der Waals surface area contributed by atoms with Crippen LogP contribution in [0.15, 0.2) is 35.2 Å². The van der Waals surface area contributed by atoms with E-state index >= 15 is 0 Å². The molecule has 0 aliphatic carbocycles. The molecule has 0 saturated heterocycles. The molecule has 3 aromatic heterocycles. The zero-order chi connectivity index (χ0) is 13.2. The number of thiazole rings is 1. The van der Waals surface area contributed by atoms with Gasteiger partial charge >= 0.3 is 0 Å². The van der Waals surface area contributed by atoms with Crippen LogP contribution in [-0.4, -0.2) is 20.7 Å². The van der Waals surface area contributed by atoms with Gasteiger partial charge in [0, 0.05) is 18.6 Å². The normalized spacial score (nSPS) is 10.6. The summed E-state index contributed by atoms with van der Waals surface area (Å²) in [4.78, 5) is 17.2. The fourth-order valence-corrected chi connectivity index (χ4v) is 2.88. The zero-order valence-corrected chi connectivity index (χ0v) is 11.7. The third-order valence-corrected chi connectivity index (χ3v) is 4.12. The monoisotopic (exact) mass is 290 g/mol. The van der Waals surface area contributed by atoms with Crippen molar-refractivity contribution in [3.8, 4) is 10.6 Å². The number of aryl methyl sites for hydroxylation is 1. The summed E-state index contributed by atoms with van der Waals surface area (Å²) >= 11 is 2.98. The Morgan fingerprint density at radius 2 is 2.26 bits per heavy atom. The van der Waals surface area contributed by atoms with Gasteiger partial charge in [0.15, 0.2) is 5.13 Å². The van der Waals surface area contributed by atoms with Crippen molar-refractivity contribution in [2.75, 3.05) is 5.32 Å². The first-order valence-electron chi connectivity index (χ1n) is 5.53. The van der Waals surface area contributed by atoms with Crippen molar-refractivity contribution in [3.05, 3.63) is 40.8 Å². The number of aromatic nitrogens is 3. The quantitative estimate of drug-likeness (QED) is 0.807. The van der Waals surface area contributed by atoms with Crippen LogP contribution in [0.1, 0.15) is 10.5 Å². The fraction of sp³-hybridized carbons (Fsp3) is 0.0833. The Hall–Kier alpha value is -1.99. The molecule has 0 aliphatic heterocycles. The number of anilines is 1. The molecule has 19 heavy (non-hydrogen) atoms. The highest BCUT2D eigenvalue weighted by atomic mass is 32.1. The summed E-state index contributed by atoms with van der Waals surface area (Å²) in [5.74, 6) is -0.201. The highest BCUT2D eigenvalue weighted by molar-refractivity contribution is 7.14. The standard InChI is InChI=1S/C12H10N4OS2/c1-16-9(11(17)14-12-13-4-6-19-12)7-8(15-16)10-3-2-5-18-10/h2-7H,1H3,(H,13,14,17). The van der Waals surface area contributed by atoms with Crippen LogP contribution in [0.4, 0.5) is 5.13 Å². The first-order valence-corrected chi connectivity index (χ1v) is 7.29. The van der Waals surface area contributed by atoms with E-state index in [1.807, 2.05) is 22.9 Å². The lowest BCUT2D eigenvalue weighted by Gasteiger charge is -2.00. The van der Waals surface area contributed by atoms with Crippen molar-refractivity contribution in [1.82, 2.24) is 14.8 Å². The molecule has 96 valence electrons. The lowest BCUT2D eigenvalue weighted by molar-refractivity contribution is 0.101. The summed E-state index contributed by atoms with van der Waals surface area (Å²) in [5, 5.41) is 11.5. The van der Waals surface area contributed by atoms with Crippen molar-refractivity contribution in [3.63, 3.8) is 0 Å². The van der Waals surface area contributed by atoms with E-state index in [-0.39, 0.29) is 5.91 Å². The molecule has 0 fully saturated rings. The van der Waals surface area contributed by atoms with Gasteiger partial charge in [0.1, 0.15) is 11.4 Å². The molecule has 0 spiro atoms. The predicted molar refractivity (Wildman–Crippen MR) is 76.6 cm³/mol. The maximum absolute atomic E-state index is 12.1. The van der Waals surface area contributed by atoms with E-state index in [0.29, 0.717) is 10.8 Å². The number of carbonyl (C=O) groups excluding carboxylic acids is 1. The molecule has 5 nitrogen and oxygen atoms in total. The average Bonchev–Trinajstić information content (AvgIpc) is 3.07. The van der Waals surface area contributed by atoms with Crippen molar-refractivity contribution < 1.29 is 4.79 Å². The van der Waals surface area contributed by atoms with Crippen LogP contribution >= 0.6 is 22.7 Å². The maximum atomic E-state index is 12.1. The van der Waals surface area contributed by atoms with Crippen molar-refractivity contribution in [2.24, 2.45) is 7.05 Å². The second-order valence-electron chi connectivity index (χ2n) is 3.81. The molecular formula is C12H10N4OS2. The van der Waals surface area contributed by atoms with Crippen LogP contribution < -0.4 is 5.32 Å². The minimum Gasteiger partial charge on any atom is -0.297 e. The number of rotatable bonds is 3. The Kier molecular flexibility index (Phi) is 3.14. The maximum Gasteiger partial charge on any atom is 0.275 e. The van der Waals surface area contributed by atoms with Gasteiger partial charge in [-0.1, -0.05) is 6.07 Å². The van der Waals surface area contributed by atoms with Gasteiger partial charge in [-0.2, -0.15) is 5.10 Å². The van der Waals surface area contributed by atoms with E-state index in [1.54, 1.807) is 35.3 Å². The molecule has 3 heterocycles.